The second-order valence-corrected chi connectivity index (χ2v) is 7.95. The first-order chi connectivity index (χ1) is 14.8. The highest BCUT2D eigenvalue weighted by molar-refractivity contribution is 14.0. The van der Waals surface area contributed by atoms with Gasteiger partial charge in [-0.05, 0) is 35.7 Å². The Bertz CT molecular complexity index is 947. The molecule has 3 aromatic rings. The molecule has 1 fully saturated rings. The summed E-state index contributed by atoms with van der Waals surface area (Å²) in [5, 5.41) is 5.28. The van der Waals surface area contributed by atoms with Crippen molar-refractivity contribution in [2.24, 2.45) is 10.7 Å². The monoisotopic (exact) mass is 550 g/mol. The molecule has 4 rings (SSSR count). The van der Waals surface area contributed by atoms with Crippen LogP contribution in [0.2, 0.25) is 0 Å². The summed E-state index contributed by atoms with van der Waals surface area (Å²) in [7, 11) is 0. The van der Waals surface area contributed by atoms with Crippen LogP contribution in [0, 0.1) is 0 Å². The van der Waals surface area contributed by atoms with Crippen molar-refractivity contribution < 1.29 is 9.47 Å². The van der Waals surface area contributed by atoms with Crippen molar-refractivity contribution in [3.63, 3.8) is 0 Å². The number of nitrogens with one attached hydrogen (secondary N) is 1. The predicted molar refractivity (Wildman–Crippen MR) is 138 cm³/mol. The second kappa shape index (κ2) is 12.0. The number of benzene rings is 2. The average molecular weight is 550 g/mol. The third-order valence-corrected chi connectivity index (χ3v) is 5.85. The highest BCUT2D eigenvalue weighted by Gasteiger charge is 2.23. The first kappa shape index (κ1) is 23.5. The van der Waals surface area contributed by atoms with E-state index in [9.17, 15) is 0 Å². The molecule has 0 amide bonds. The van der Waals surface area contributed by atoms with Crippen LogP contribution in [-0.2, 0) is 4.74 Å². The molecule has 2 aromatic carbocycles. The minimum absolute atomic E-state index is 0. The van der Waals surface area contributed by atoms with Gasteiger partial charge in [0.2, 0.25) is 0 Å². The van der Waals surface area contributed by atoms with Crippen LogP contribution in [0.1, 0.15) is 10.9 Å². The van der Waals surface area contributed by atoms with Gasteiger partial charge in [-0.1, -0.05) is 30.3 Å². The molecule has 1 aliphatic heterocycles. The molecule has 1 unspecified atom stereocenters. The molecule has 0 spiro atoms. The van der Waals surface area contributed by atoms with Gasteiger partial charge in [-0.15, -0.1) is 35.3 Å². The number of guanidine groups is 1. The van der Waals surface area contributed by atoms with Crippen LogP contribution in [0.3, 0.4) is 0 Å². The number of aliphatic imine (C=N–C) groups is 1. The summed E-state index contributed by atoms with van der Waals surface area (Å²) < 4.78 is 11.4. The molecule has 0 bridgehead atoms. The fraction of sp³-hybridized carbons (Fsp3) is 0.261. The van der Waals surface area contributed by atoms with Crippen molar-refractivity contribution in [3.05, 3.63) is 77.0 Å². The maximum Gasteiger partial charge on any atom is 0.193 e. The lowest BCUT2D eigenvalue weighted by molar-refractivity contribution is 0.0187. The van der Waals surface area contributed by atoms with Crippen molar-refractivity contribution in [1.82, 2.24) is 4.90 Å². The lowest BCUT2D eigenvalue weighted by Gasteiger charge is -2.33. The highest BCUT2D eigenvalue weighted by Crippen LogP contribution is 2.27. The first-order valence-corrected chi connectivity index (χ1v) is 10.9. The van der Waals surface area contributed by atoms with Crippen LogP contribution >= 0.6 is 35.3 Å². The maximum atomic E-state index is 6.20. The van der Waals surface area contributed by atoms with Crippen LogP contribution in [0.15, 0.2) is 77.1 Å². The number of halogens is 1. The zero-order chi connectivity index (χ0) is 20.6. The molecule has 6 nitrogen and oxygen atoms in total. The lowest BCUT2D eigenvalue weighted by atomic mass is 10.2. The van der Waals surface area contributed by atoms with Crippen LogP contribution in [0.25, 0.3) is 0 Å². The van der Waals surface area contributed by atoms with E-state index in [-0.39, 0.29) is 30.0 Å². The Morgan fingerprint density at radius 1 is 1.06 bits per heavy atom. The van der Waals surface area contributed by atoms with E-state index in [0.717, 1.165) is 43.5 Å². The number of rotatable bonds is 7. The van der Waals surface area contributed by atoms with Crippen molar-refractivity contribution in [2.75, 3.05) is 38.2 Å². The smallest absolute Gasteiger partial charge is 0.193 e. The van der Waals surface area contributed by atoms with E-state index in [2.05, 4.69) is 32.7 Å². The minimum atomic E-state index is 0. The topological polar surface area (TPSA) is 72.1 Å². The Morgan fingerprint density at radius 3 is 2.58 bits per heavy atom. The van der Waals surface area contributed by atoms with Crippen molar-refractivity contribution in [3.8, 4) is 11.5 Å². The Morgan fingerprint density at radius 2 is 1.84 bits per heavy atom. The number of hydrogen-bond donors (Lipinski definition) is 2. The average Bonchev–Trinajstić information content (AvgIpc) is 3.30. The van der Waals surface area contributed by atoms with Gasteiger partial charge >= 0.3 is 0 Å². The van der Waals surface area contributed by atoms with Gasteiger partial charge in [0, 0.05) is 29.7 Å². The molecule has 164 valence electrons. The Balaban J connectivity index is 0.00000272. The molecule has 0 radical (unpaired) electrons. The number of hydrogen-bond acceptors (Lipinski definition) is 5. The van der Waals surface area contributed by atoms with E-state index in [1.54, 1.807) is 11.3 Å². The summed E-state index contributed by atoms with van der Waals surface area (Å²) in [5.41, 5.74) is 7.03. The fourth-order valence-corrected chi connectivity index (χ4v) is 4.24. The number of nitrogens with zero attached hydrogens (tertiary/aromatic N) is 2. The van der Waals surface area contributed by atoms with Crippen LogP contribution in [-0.4, -0.2) is 43.7 Å². The zero-order valence-electron chi connectivity index (χ0n) is 17.1. The SMILES string of the molecule is I.NC(=NCC(c1cccs1)N1CCOCC1)Nc1cccc(Oc2ccccc2)c1. The molecular weight excluding hydrogens is 523 g/mol. The van der Waals surface area contributed by atoms with Crippen molar-refractivity contribution in [1.29, 1.82) is 0 Å². The van der Waals surface area contributed by atoms with Gasteiger partial charge in [0.05, 0.1) is 25.8 Å². The summed E-state index contributed by atoms with van der Waals surface area (Å²) in [6.45, 7) is 3.93. The molecule has 8 heteroatoms. The number of thiophene rings is 1. The van der Waals surface area contributed by atoms with Gasteiger partial charge in [-0.3, -0.25) is 9.89 Å². The number of ether oxygens (including phenoxy) is 2. The van der Waals surface area contributed by atoms with Gasteiger partial charge in [0.15, 0.2) is 5.96 Å². The summed E-state index contributed by atoms with van der Waals surface area (Å²) >= 11 is 1.75. The Kier molecular flexibility index (Phi) is 9.13. The summed E-state index contributed by atoms with van der Waals surface area (Å²) in [6.07, 6.45) is 0. The summed E-state index contributed by atoms with van der Waals surface area (Å²) in [6, 6.07) is 21.8. The Labute approximate surface area is 204 Å². The minimum Gasteiger partial charge on any atom is -0.457 e. The van der Waals surface area contributed by atoms with Gasteiger partial charge in [0.1, 0.15) is 11.5 Å². The van der Waals surface area contributed by atoms with Gasteiger partial charge in [-0.25, -0.2) is 0 Å². The standard InChI is InChI=1S/C23H26N4O2S.HI/c24-23(25-17-21(22-10-5-15-30-22)27-11-13-28-14-12-27)26-18-6-4-9-20(16-18)29-19-7-2-1-3-8-19;/h1-10,15-16,21H,11-14,17H2,(H3,24,25,26);1H. The second-order valence-electron chi connectivity index (χ2n) is 6.97. The third kappa shape index (κ3) is 6.93. The molecule has 0 saturated carbocycles. The number of nitrogens with two attached hydrogens (primary N) is 1. The van der Waals surface area contributed by atoms with Gasteiger partial charge < -0.3 is 20.5 Å². The first-order valence-electron chi connectivity index (χ1n) is 10.0. The maximum absolute atomic E-state index is 6.20. The largest absolute Gasteiger partial charge is 0.457 e. The lowest BCUT2D eigenvalue weighted by Crippen LogP contribution is -2.40. The molecule has 0 aliphatic carbocycles. The number of para-hydroxylation sites is 1. The predicted octanol–water partition coefficient (Wildman–Crippen LogP) is 4.96. The molecule has 1 atom stereocenters. The third-order valence-electron chi connectivity index (χ3n) is 4.88. The summed E-state index contributed by atoms with van der Waals surface area (Å²) in [4.78, 5) is 8.35. The fourth-order valence-electron chi connectivity index (χ4n) is 3.39. The van der Waals surface area contributed by atoms with Crippen LogP contribution in [0.5, 0.6) is 11.5 Å². The van der Waals surface area contributed by atoms with Crippen LogP contribution in [0.4, 0.5) is 5.69 Å². The number of morpholine rings is 1. The van der Waals surface area contributed by atoms with E-state index in [4.69, 9.17) is 15.2 Å². The van der Waals surface area contributed by atoms with Crippen molar-refractivity contribution in [2.45, 2.75) is 6.04 Å². The molecule has 2 heterocycles. The zero-order valence-corrected chi connectivity index (χ0v) is 20.3. The van der Waals surface area contributed by atoms with E-state index in [1.807, 2.05) is 54.6 Å². The van der Waals surface area contributed by atoms with E-state index in [1.165, 1.54) is 4.88 Å². The molecule has 31 heavy (non-hydrogen) atoms. The van der Waals surface area contributed by atoms with E-state index >= 15 is 0 Å². The van der Waals surface area contributed by atoms with Crippen LogP contribution < -0.4 is 15.8 Å². The van der Waals surface area contributed by atoms with E-state index < -0.39 is 0 Å². The van der Waals surface area contributed by atoms with E-state index in [0.29, 0.717) is 12.5 Å². The normalized spacial score (nSPS) is 15.7. The summed E-state index contributed by atoms with van der Waals surface area (Å²) in [5.74, 6) is 1.92. The number of anilines is 1. The molecule has 1 aromatic heterocycles. The van der Waals surface area contributed by atoms with Gasteiger partial charge in [-0.2, -0.15) is 0 Å². The molecule has 1 saturated heterocycles. The Hall–Kier alpha value is -2.14. The quantitative estimate of drug-likeness (QED) is 0.247. The van der Waals surface area contributed by atoms with Gasteiger partial charge in [0.25, 0.3) is 0 Å². The highest BCUT2D eigenvalue weighted by atomic mass is 127. The molecule has 1 aliphatic rings. The molecule has 3 N–H and O–H groups in total. The van der Waals surface area contributed by atoms with Crippen molar-refractivity contribution >= 4 is 47.0 Å². The molecular formula is C23H27IN4O2S.